The van der Waals surface area contributed by atoms with Crippen molar-refractivity contribution in [1.82, 2.24) is 25.8 Å². The first-order chi connectivity index (χ1) is 11.1. The van der Waals surface area contributed by atoms with E-state index < -0.39 is 6.03 Å². The van der Waals surface area contributed by atoms with E-state index in [0.29, 0.717) is 16.0 Å². The van der Waals surface area contributed by atoms with Crippen LogP contribution in [0.3, 0.4) is 0 Å². The molecule has 9 heteroatoms. The number of aromatic nitrogens is 3. The third-order valence-electron chi connectivity index (χ3n) is 3.08. The largest absolute Gasteiger partial charge is 0.335 e. The van der Waals surface area contributed by atoms with Crippen LogP contribution in [0.2, 0.25) is 5.02 Å². The third-order valence-corrected chi connectivity index (χ3v) is 4.18. The molecule has 0 saturated heterocycles. The predicted molar refractivity (Wildman–Crippen MR) is 87.2 cm³/mol. The van der Waals surface area contributed by atoms with Gasteiger partial charge in [-0.3, -0.25) is 15.2 Å². The molecule has 1 saturated carbocycles. The smallest absolute Gasteiger partial charge is 0.321 e. The van der Waals surface area contributed by atoms with E-state index in [-0.39, 0.29) is 17.7 Å². The summed E-state index contributed by atoms with van der Waals surface area (Å²) in [5.74, 6) is 0.276. The molecular weight excluding hydrogens is 338 g/mol. The zero-order chi connectivity index (χ0) is 16.2. The van der Waals surface area contributed by atoms with Gasteiger partial charge in [-0.15, -0.1) is 5.10 Å². The van der Waals surface area contributed by atoms with Gasteiger partial charge in [0.05, 0.1) is 5.75 Å². The molecule has 0 spiro atoms. The summed E-state index contributed by atoms with van der Waals surface area (Å²) in [5, 5.41) is 12.9. The number of hydrogen-bond donors (Lipinski definition) is 3. The maximum absolute atomic E-state index is 11.7. The van der Waals surface area contributed by atoms with Gasteiger partial charge in [-0.2, -0.15) is 0 Å². The van der Waals surface area contributed by atoms with Crippen molar-refractivity contribution in [1.29, 1.82) is 0 Å². The van der Waals surface area contributed by atoms with Crippen LogP contribution in [0, 0.1) is 0 Å². The third kappa shape index (κ3) is 4.70. The van der Waals surface area contributed by atoms with E-state index in [2.05, 4.69) is 25.8 Å². The average Bonchev–Trinajstić information content (AvgIpc) is 3.20. The van der Waals surface area contributed by atoms with E-state index >= 15 is 0 Å². The van der Waals surface area contributed by atoms with Gasteiger partial charge in [-0.05, 0) is 37.1 Å². The van der Waals surface area contributed by atoms with Crippen LogP contribution in [-0.4, -0.2) is 38.9 Å². The second-order valence-electron chi connectivity index (χ2n) is 5.06. The summed E-state index contributed by atoms with van der Waals surface area (Å²) in [4.78, 5) is 27.4. The standard InChI is InChI=1S/C14H14ClN5O2S/c15-9-3-1-8(2-4-9)12-18-14(20-19-12)23-7-11(21)17-13(22)16-10-5-6-10/h1-4,10H,5-7H2,(H,18,19,20)(H2,16,17,21,22). The molecule has 7 nitrogen and oxygen atoms in total. The van der Waals surface area contributed by atoms with Crippen molar-refractivity contribution in [2.75, 3.05) is 5.75 Å². The number of nitrogens with zero attached hydrogens (tertiary/aromatic N) is 2. The number of rotatable bonds is 5. The lowest BCUT2D eigenvalue weighted by Gasteiger charge is -2.03. The Morgan fingerprint density at radius 2 is 2.04 bits per heavy atom. The molecule has 1 heterocycles. The molecule has 1 aromatic heterocycles. The fraction of sp³-hybridized carbons (Fsp3) is 0.286. The normalized spacial score (nSPS) is 13.6. The van der Waals surface area contributed by atoms with E-state index in [1.165, 1.54) is 0 Å². The number of nitrogens with one attached hydrogen (secondary N) is 3. The summed E-state index contributed by atoms with van der Waals surface area (Å²) in [6.45, 7) is 0. The van der Waals surface area contributed by atoms with Gasteiger partial charge in [0, 0.05) is 16.6 Å². The van der Waals surface area contributed by atoms with Gasteiger partial charge in [0.25, 0.3) is 0 Å². The quantitative estimate of drug-likeness (QED) is 0.717. The minimum absolute atomic E-state index is 0.0655. The van der Waals surface area contributed by atoms with Gasteiger partial charge in [-0.25, -0.2) is 9.78 Å². The Bertz CT molecular complexity index is 714. The predicted octanol–water partition coefficient (Wildman–Crippen LogP) is 2.21. The maximum atomic E-state index is 11.7. The zero-order valence-electron chi connectivity index (χ0n) is 12.0. The molecule has 0 radical (unpaired) electrons. The topological polar surface area (TPSA) is 99.8 Å². The van der Waals surface area contributed by atoms with Crippen LogP contribution in [0.25, 0.3) is 11.4 Å². The lowest BCUT2D eigenvalue weighted by Crippen LogP contribution is -2.41. The molecule has 0 atom stereocenters. The van der Waals surface area contributed by atoms with E-state index in [4.69, 9.17) is 11.6 Å². The first-order valence-electron chi connectivity index (χ1n) is 7.01. The minimum atomic E-state index is -0.449. The van der Waals surface area contributed by atoms with Crippen molar-refractivity contribution in [2.45, 2.75) is 24.0 Å². The number of carbonyl (C=O) groups is 2. The Morgan fingerprint density at radius 1 is 1.30 bits per heavy atom. The molecule has 120 valence electrons. The molecule has 1 fully saturated rings. The molecule has 1 aliphatic carbocycles. The molecule has 2 aromatic rings. The molecule has 0 unspecified atom stereocenters. The monoisotopic (exact) mass is 351 g/mol. The second-order valence-corrected chi connectivity index (χ2v) is 6.44. The van der Waals surface area contributed by atoms with Crippen molar-refractivity contribution in [3.8, 4) is 11.4 Å². The van der Waals surface area contributed by atoms with Gasteiger partial charge >= 0.3 is 6.03 Å². The lowest BCUT2D eigenvalue weighted by molar-refractivity contribution is -0.117. The Balaban J connectivity index is 1.49. The summed E-state index contributed by atoms with van der Waals surface area (Å²) in [6.07, 6.45) is 1.95. The van der Waals surface area contributed by atoms with Crippen molar-refractivity contribution < 1.29 is 9.59 Å². The summed E-state index contributed by atoms with van der Waals surface area (Å²) in [6, 6.07) is 6.94. The van der Waals surface area contributed by atoms with E-state index in [1.807, 2.05) is 12.1 Å². The van der Waals surface area contributed by atoms with E-state index in [0.717, 1.165) is 30.2 Å². The number of urea groups is 1. The SMILES string of the molecule is O=C(CSc1n[nH]c(-c2ccc(Cl)cc2)n1)NC(=O)NC1CC1. The molecule has 3 rings (SSSR count). The first-order valence-corrected chi connectivity index (χ1v) is 8.38. The number of thioether (sulfide) groups is 1. The summed E-state index contributed by atoms with van der Waals surface area (Å²) in [5.41, 5.74) is 0.849. The van der Waals surface area contributed by atoms with E-state index in [1.54, 1.807) is 12.1 Å². The van der Waals surface area contributed by atoms with Crippen LogP contribution in [-0.2, 0) is 4.79 Å². The highest BCUT2D eigenvalue weighted by Crippen LogP contribution is 2.21. The fourth-order valence-electron chi connectivity index (χ4n) is 1.79. The zero-order valence-corrected chi connectivity index (χ0v) is 13.6. The highest BCUT2D eigenvalue weighted by molar-refractivity contribution is 7.99. The van der Waals surface area contributed by atoms with Crippen LogP contribution >= 0.6 is 23.4 Å². The second kappa shape index (κ2) is 7.01. The van der Waals surface area contributed by atoms with Gasteiger partial charge < -0.3 is 5.32 Å². The minimum Gasteiger partial charge on any atom is -0.335 e. The van der Waals surface area contributed by atoms with Crippen LogP contribution in [0.15, 0.2) is 29.4 Å². The number of hydrogen-bond acceptors (Lipinski definition) is 5. The number of imide groups is 1. The van der Waals surface area contributed by atoms with Crippen LogP contribution < -0.4 is 10.6 Å². The molecule has 23 heavy (non-hydrogen) atoms. The number of halogens is 1. The van der Waals surface area contributed by atoms with Crippen LogP contribution in [0.1, 0.15) is 12.8 Å². The molecular formula is C14H14ClN5O2S. The van der Waals surface area contributed by atoms with E-state index in [9.17, 15) is 9.59 Å². The lowest BCUT2D eigenvalue weighted by atomic mass is 10.2. The van der Waals surface area contributed by atoms with Crippen LogP contribution in [0.4, 0.5) is 4.79 Å². The Hall–Kier alpha value is -2.06. The summed E-state index contributed by atoms with van der Waals surface area (Å²) >= 11 is 6.99. The Morgan fingerprint density at radius 3 is 2.74 bits per heavy atom. The van der Waals surface area contributed by atoms with Gasteiger partial charge in [0.1, 0.15) is 0 Å². The highest BCUT2D eigenvalue weighted by atomic mass is 35.5. The number of H-pyrrole nitrogens is 1. The molecule has 0 bridgehead atoms. The summed E-state index contributed by atoms with van der Waals surface area (Å²) < 4.78 is 0. The molecule has 0 aliphatic heterocycles. The van der Waals surface area contributed by atoms with Crippen molar-refractivity contribution >= 4 is 35.3 Å². The van der Waals surface area contributed by atoms with Crippen molar-refractivity contribution in [3.63, 3.8) is 0 Å². The Kier molecular flexibility index (Phi) is 4.82. The number of benzene rings is 1. The van der Waals surface area contributed by atoms with Gasteiger partial charge in [0.15, 0.2) is 5.82 Å². The number of carbonyl (C=O) groups excluding carboxylic acids is 2. The first kappa shape index (κ1) is 15.8. The van der Waals surface area contributed by atoms with Crippen molar-refractivity contribution in [3.05, 3.63) is 29.3 Å². The van der Waals surface area contributed by atoms with Crippen LogP contribution in [0.5, 0.6) is 0 Å². The summed E-state index contributed by atoms with van der Waals surface area (Å²) in [7, 11) is 0. The fourth-order valence-corrected chi connectivity index (χ4v) is 2.51. The Labute approximate surface area is 141 Å². The van der Waals surface area contributed by atoms with Gasteiger partial charge in [-0.1, -0.05) is 23.4 Å². The molecule has 3 amide bonds. The van der Waals surface area contributed by atoms with Crippen molar-refractivity contribution in [2.24, 2.45) is 0 Å². The number of amides is 3. The maximum Gasteiger partial charge on any atom is 0.321 e. The molecule has 1 aliphatic rings. The molecule has 1 aromatic carbocycles. The molecule has 3 N–H and O–H groups in total. The average molecular weight is 352 g/mol. The highest BCUT2D eigenvalue weighted by Gasteiger charge is 2.23. The van der Waals surface area contributed by atoms with Gasteiger partial charge in [0.2, 0.25) is 11.1 Å². The number of aromatic amines is 1.